The van der Waals surface area contributed by atoms with Crippen LogP contribution in [0.4, 0.5) is 0 Å². The van der Waals surface area contributed by atoms with Crippen molar-refractivity contribution in [2.75, 3.05) is 7.05 Å². The third kappa shape index (κ3) is 4.26. The van der Waals surface area contributed by atoms with Crippen LogP contribution in [-0.2, 0) is 0 Å². The van der Waals surface area contributed by atoms with Gasteiger partial charge in [-0.2, -0.15) is 0 Å². The van der Waals surface area contributed by atoms with Gasteiger partial charge in [0.05, 0.1) is 0 Å². The number of hydrogen-bond acceptors (Lipinski definition) is 2. The van der Waals surface area contributed by atoms with Gasteiger partial charge in [0.2, 0.25) is 0 Å². The standard InChI is InChI=1S/C15H31NO/c1-5-15(17)16(4)14-11-9-7-6-8-10-13(14)12(2)3/h12-15,17H,5-11H2,1-4H3. The van der Waals surface area contributed by atoms with Crippen LogP contribution >= 0.6 is 0 Å². The van der Waals surface area contributed by atoms with Crippen molar-refractivity contribution in [3.05, 3.63) is 0 Å². The molecule has 3 atom stereocenters. The van der Waals surface area contributed by atoms with Gasteiger partial charge in [0.1, 0.15) is 6.23 Å². The molecule has 0 aromatic carbocycles. The van der Waals surface area contributed by atoms with Crippen molar-refractivity contribution in [3.8, 4) is 0 Å². The average Bonchev–Trinajstić information content (AvgIpc) is 2.26. The number of aliphatic hydroxyl groups excluding tert-OH is 1. The van der Waals surface area contributed by atoms with Crippen molar-refractivity contribution >= 4 is 0 Å². The Hall–Kier alpha value is -0.0800. The third-order valence-corrected chi connectivity index (χ3v) is 4.50. The monoisotopic (exact) mass is 241 g/mol. The molecule has 0 spiro atoms. The van der Waals surface area contributed by atoms with E-state index in [1.165, 1.54) is 38.5 Å². The number of nitrogens with zero attached hydrogens (tertiary/aromatic N) is 1. The number of hydrogen-bond donors (Lipinski definition) is 1. The largest absolute Gasteiger partial charge is 0.378 e. The van der Waals surface area contributed by atoms with E-state index in [4.69, 9.17) is 0 Å². The van der Waals surface area contributed by atoms with Crippen molar-refractivity contribution in [2.45, 2.75) is 78.0 Å². The molecule has 1 rings (SSSR count). The Morgan fingerprint density at radius 3 is 2.24 bits per heavy atom. The zero-order valence-electron chi connectivity index (χ0n) is 12.2. The maximum atomic E-state index is 10.1. The molecule has 1 aliphatic rings. The maximum Gasteiger partial charge on any atom is 0.107 e. The summed E-state index contributed by atoms with van der Waals surface area (Å²) in [5.41, 5.74) is 0. The highest BCUT2D eigenvalue weighted by molar-refractivity contribution is 4.82. The van der Waals surface area contributed by atoms with Crippen LogP contribution < -0.4 is 0 Å². The quantitative estimate of drug-likeness (QED) is 0.760. The van der Waals surface area contributed by atoms with E-state index in [1.807, 2.05) is 0 Å². The lowest BCUT2D eigenvalue weighted by atomic mass is 9.79. The Bertz CT molecular complexity index is 205. The fourth-order valence-corrected chi connectivity index (χ4v) is 3.29. The molecule has 0 aromatic rings. The van der Waals surface area contributed by atoms with E-state index >= 15 is 0 Å². The summed E-state index contributed by atoms with van der Waals surface area (Å²) in [5.74, 6) is 1.48. The van der Waals surface area contributed by atoms with Gasteiger partial charge in [0, 0.05) is 6.04 Å². The molecule has 0 radical (unpaired) electrons. The highest BCUT2D eigenvalue weighted by atomic mass is 16.3. The van der Waals surface area contributed by atoms with Gasteiger partial charge in [0.15, 0.2) is 0 Å². The molecule has 0 bridgehead atoms. The summed E-state index contributed by atoms with van der Waals surface area (Å²) in [6.07, 6.45) is 8.63. The van der Waals surface area contributed by atoms with E-state index in [2.05, 4.69) is 32.7 Å². The molecule has 1 aliphatic carbocycles. The lowest BCUT2D eigenvalue weighted by molar-refractivity contribution is -0.0373. The molecular weight excluding hydrogens is 210 g/mol. The van der Waals surface area contributed by atoms with E-state index in [-0.39, 0.29) is 6.23 Å². The SMILES string of the molecule is CCC(O)N(C)C1CCCCCCC1C(C)C. The molecule has 102 valence electrons. The first-order chi connectivity index (χ1) is 8.07. The number of rotatable bonds is 4. The molecule has 2 nitrogen and oxygen atoms in total. The predicted octanol–water partition coefficient (Wildman–Crippen LogP) is 3.64. The summed E-state index contributed by atoms with van der Waals surface area (Å²) in [5, 5.41) is 10.1. The normalized spacial score (nSPS) is 29.1. The van der Waals surface area contributed by atoms with Crippen LogP contribution in [0.5, 0.6) is 0 Å². The molecule has 1 fully saturated rings. The molecule has 1 saturated carbocycles. The van der Waals surface area contributed by atoms with Gasteiger partial charge in [-0.25, -0.2) is 0 Å². The summed E-state index contributed by atoms with van der Waals surface area (Å²) in [6.45, 7) is 6.74. The molecule has 3 unspecified atom stereocenters. The Balaban J connectivity index is 2.72. The molecule has 0 amide bonds. The zero-order valence-corrected chi connectivity index (χ0v) is 12.2. The van der Waals surface area contributed by atoms with Crippen molar-refractivity contribution in [3.63, 3.8) is 0 Å². The van der Waals surface area contributed by atoms with Crippen LogP contribution in [0.1, 0.15) is 65.7 Å². The molecule has 1 N–H and O–H groups in total. The van der Waals surface area contributed by atoms with Gasteiger partial charge in [0.25, 0.3) is 0 Å². The minimum atomic E-state index is -0.263. The summed E-state index contributed by atoms with van der Waals surface area (Å²) >= 11 is 0. The molecule has 0 heterocycles. The highest BCUT2D eigenvalue weighted by Gasteiger charge is 2.30. The average molecular weight is 241 g/mol. The van der Waals surface area contributed by atoms with Gasteiger partial charge >= 0.3 is 0 Å². The lowest BCUT2D eigenvalue weighted by Crippen LogP contribution is -2.46. The summed E-state index contributed by atoms with van der Waals surface area (Å²) in [7, 11) is 2.11. The van der Waals surface area contributed by atoms with Crippen molar-refractivity contribution in [2.24, 2.45) is 11.8 Å². The van der Waals surface area contributed by atoms with Gasteiger partial charge in [-0.15, -0.1) is 0 Å². The van der Waals surface area contributed by atoms with Gasteiger partial charge in [-0.05, 0) is 38.1 Å². The lowest BCUT2D eigenvalue weighted by Gasteiger charge is -2.40. The molecule has 17 heavy (non-hydrogen) atoms. The van der Waals surface area contributed by atoms with Crippen LogP contribution in [0, 0.1) is 11.8 Å². The van der Waals surface area contributed by atoms with Gasteiger partial charge < -0.3 is 5.11 Å². The number of aliphatic hydroxyl groups is 1. The highest BCUT2D eigenvalue weighted by Crippen LogP contribution is 2.32. The fourth-order valence-electron chi connectivity index (χ4n) is 3.29. The molecule has 0 saturated heterocycles. The van der Waals surface area contributed by atoms with E-state index < -0.39 is 0 Å². The van der Waals surface area contributed by atoms with E-state index in [9.17, 15) is 5.11 Å². The van der Waals surface area contributed by atoms with Gasteiger partial charge in [-0.1, -0.05) is 46.5 Å². The van der Waals surface area contributed by atoms with E-state index in [0.29, 0.717) is 6.04 Å². The van der Waals surface area contributed by atoms with Crippen LogP contribution in [0.2, 0.25) is 0 Å². The van der Waals surface area contributed by atoms with Crippen LogP contribution in [-0.4, -0.2) is 29.3 Å². The Kier molecular flexibility index (Phi) is 6.50. The zero-order chi connectivity index (χ0) is 12.8. The minimum Gasteiger partial charge on any atom is -0.378 e. The second-order valence-electron chi connectivity index (χ2n) is 6.02. The Labute approximate surface area is 107 Å². The molecule has 0 aromatic heterocycles. The molecule has 2 heteroatoms. The van der Waals surface area contributed by atoms with Crippen LogP contribution in [0.25, 0.3) is 0 Å². The first-order valence-electron chi connectivity index (χ1n) is 7.48. The minimum absolute atomic E-state index is 0.263. The summed E-state index contributed by atoms with van der Waals surface area (Å²) < 4.78 is 0. The van der Waals surface area contributed by atoms with Crippen molar-refractivity contribution < 1.29 is 5.11 Å². The Morgan fingerprint density at radius 2 is 1.71 bits per heavy atom. The fraction of sp³-hybridized carbons (Fsp3) is 1.00. The Morgan fingerprint density at radius 1 is 1.12 bits per heavy atom. The molecule has 0 aliphatic heterocycles. The van der Waals surface area contributed by atoms with Crippen LogP contribution in [0.15, 0.2) is 0 Å². The van der Waals surface area contributed by atoms with Crippen molar-refractivity contribution in [1.29, 1.82) is 0 Å². The summed E-state index contributed by atoms with van der Waals surface area (Å²) in [6, 6.07) is 0.574. The molecular formula is C15H31NO. The first kappa shape index (κ1) is 15.0. The summed E-state index contributed by atoms with van der Waals surface area (Å²) in [4.78, 5) is 2.23. The second kappa shape index (κ2) is 7.38. The van der Waals surface area contributed by atoms with Crippen molar-refractivity contribution in [1.82, 2.24) is 4.90 Å². The smallest absolute Gasteiger partial charge is 0.107 e. The topological polar surface area (TPSA) is 23.5 Å². The van der Waals surface area contributed by atoms with E-state index in [1.54, 1.807) is 0 Å². The van der Waals surface area contributed by atoms with Crippen LogP contribution in [0.3, 0.4) is 0 Å². The second-order valence-corrected chi connectivity index (χ2v) is 6.02. The maximum absolute atomic E-state index is 10.1. The first-order valence-corrected chi connectivity index (χ1v) is 7.48. The third-order valence-electron chi connectivity index (χ3n) is 4.50. The predicted molar refractivity (Wildman–Crippen MR) is 73.9 cm³/mol. The van der Waals surface area contributed by atoms with E-state index in [0.717, 1.165) is 18.3 Å². The van der Waals surface area contributed by atoms with Gasteiger partial charge in [-0.3, -0.25) is 4.90 Å².